The first-order valence-electron chi connectivity index (χ1n) is 6.80. The molecule has 0 aliphatic carbocycles. The van der Waals surface area contributed by atoms with Crippen molar-refractivity contribution in [2.75, 3.05) is 33.8 Å². The van der Waals surface area contributed by atoms with Crippen molar-refractivity contribution >= 4 is 12.4 Å². The van der Waals surface area contributed by atoms with Crippen molar-refractivity contribution in [1.29, 1.82) is 0 Å². The summed E-state index contributed by atoms with van der Waals surface area (Å²) in [6.45, 7) is 4.47. The Bertz CT molecular complexity index is 367. The summed E-state index contributed by atoms with van der Waals surface area (Å²) in [6, 6.07) is 8.28. The number of halogens is 1. The maximum Gasteiger partial charge on any atom is 0.123 e. The van der Waals surface area contributed by atoms with Crippen LogP contribution in [0.1, 0.15) is 18.4 Å². The minimum atomic E-state index is 0. The first-order chi connectivity index (χ1) is 8.79. The highest BCUT2D eigenvalue weighted by molar-refractivity contribution is 5.85. The molecule has 1 N–H and O–H groups in total. The molecule has 1 aromatic rings. The molecule has 1 aliphatic rings. The Kier molecular flexibility index (Phi) is 7.21. The third-order valence-corrected chi connectivity index (χ3v) is 3.60. The molecular formula is C15H25ClN2O. The van der Waals surface area contributed by atoms with E-state index in [1.807, 2.05) is 12.1 Å². The Morgan fingerprint density at radius 2 is 2.16 bits per heavy atom. The normalized spacial score (nSPS) is 19.0. The topological polar surface area (TPSA) is 24.5 Å². The molecule has 0 spiro atoms. The van der Waals surface area contributed by atoms with Gasteiger partial charge in [-0.05, 0) is 45.0 Å². The molecule has 4 heteroatoms. The zero-order valence-corrected chi connectivity index (χ0v) is 12.7. The molecule has 1 aliphatic heterocycles. The predicted molar refractivity (Wildman–Crippen MR) is 82.2 cm³/mol. The number of ether oxygens (including phenoxy) is 1. The summed E-state index contributed by atoms with van der Waals surface area (Å²) in [7, 11) is 3.94. The van der Waals surface area contributed by atoms with Gasteiger partial charge in [0.15, 0.2) is 0 Å². The molecule has 0 bridgehead atoms. The van der Waals surface area contributed by atoms with Gasteiger partial charge in [0.1, 0.15) is 5.75 Å². The van der Waals surface area contributed by atoms with Crippen LogP contribution in [0.25, 0.3) is 0 Å². The van der Waals surface area contributed by atoms with Gasteiger partial charge in [0, 0.05) is 18.7 Å². The van der Waals surface area contributed by atoms with Gasteiger partial charge in [-0.3, -0.25) is 0 Å². The van der Waals surface area contributed by atoms with E-state index in [0.29, 0.717) is 0 Å². The largest absolute Gasteiger partial charge is 0.496 e. The second kappa shape index (κ2) is 8.41. The Balaban J connectivity index is 0.00000180. The zero-order chi connectivity index (χ0) is 12.8. The first kappa shape index (κ1) is 16.3. The minimum Gasteiger partial charge on any atom is -0.496 e. The van der Waals surface area contributed by atoms with Gasteiger partial charge in [-0.25, -0.2) is 0 Å². The lowest BCUT2D eigenvalue weighted by Crippen LogP contribution is -2.36. The third-order valence-electron chi connectivity index (χ3n) is 3.60. The van der Waals surface area contributed by atoms with E-state index in [2.05, 4.69) is 29.4 Å². The quantitative estimate of drug-likeness (QED) is 0.899. The first-order valence-corrected chi connectivity index (χ1v) is 6.80. The van der Waals surface area contributed by atoms with E-state index >= 15 is 0 Å². The summed E-state index contributed by atoms with van der Waals surface area (Å²) in [5, 5.41) is 3.48. The molecule has 1 saturated heterocycles. The van der Waals surface area contributed by atoms with Crippen LogP contribution in [0.15, 0.2) is 24.3 Å². The Morgan fingerprint density at radius 3 is 2.84 bits per heavy atom. The second-order valence-corrected chi connectivity index (χ2v) is 5.22. The van der Waals surface area contributed by atoms with Crippen LogP contribution >= 0.6 is 12.4 Å². The number of para-hydroxylation sites is 1. The molecule has 1 aromatic carbocycles. The van der Waals surface area contributed by atoms with Crippen LogP contribution in [0, 0.1) is 5.92 Å². The summed E-state index contributed by atoms with van der Waals surface area (Å²) >= 11 is 0. The smallest absolute Gasteiger partial charge is 0.123 e. The van der Waals surface area contributed by atoms with Gasteiger partial charge in [0.05, 0.1) is 7.11 Å². The van der Waals surface area contributed by atoms with E-state index in [0.717, 1.165) is 31.3 Å². The van der Waals surface area contributed by atoms with E-state index in [-0.39, 0.29) is 12.4 Å². The van der Waals surface area contributed by atoms with Crippen LogP contribution in [0.5, 0.6) is 5.75 Å². The molecule has 19 heavy (non-hydrogen) atoms. The Morgan fingerprint density at radius 1 is 1.37 bits per heavy atom. The maximum atomic E-state index is 5.40. The fraction of sp³-hybridized carbons (Fsp3) is 0.600. The number of rotatable bonds is 5. The van der Waals surface area contributed by atoms with Crippen molar-refractivity contribution in [3.63, 3.8) is 0 Å². The Hall–Kier alpha value is -0.770. The standard InChI is InChI=1S/C15H24N2O.ClH/c1-17(11-13-6-5-9-16-10-13)12-14-7-3-4-8-15(14)18-2;/h3-4,7-8,13,16H,5-6,9-12H2,1-2H3;1H. The zero-order valence-electron chi connectivity index (χ0n) is 11.9. The molecule has 0 amide bonds. The number of benzene rings is 1. The highest BCUT2D eigenvalue weighted by Gasteiger charge is 2.15. The fourth-order valence-electron chi connectivity index (χ4n) is 2.71. The van der Waals surface area contributed by atoms with E-state index in [9.17, 15) is 0 Å². The van der Waals surface area contributed by atoms with Crippen LogP contribution in [-0.4, -0.2) is 38.7 Å². The monoisotopic (exact) mass is 284 g/mol. The lowest BCUT2D eigenvalue weighted by molar-refractivity contribution is 0.235. The summed E-state index contributed by atoms with van der Waals surface area (Å²) in [6.07, 6.45) is 2.66. The molecular weight excluding hydrogens is 260 g/mol. The van der Waals surface area contributed by atoms with Gasteiger partial charge in [-0.2, -0.15) is 0 Å². The number of methoxy groups -OCH3 is 1. The highest BCUT2D eigenvalue weighted by Crippen LogP contribution is 2.20. The number of nitrogens with one attached hydrogen (secondary N) is 1. The van der Waals surface area contributed by atoms with Gasteiger partial charge in [-0.1, -0.05) is 18.2 Å². The summed E-state index contributed by atoms with van der Waals surface area (Å²) in [4.78, 5) is 2.40. The van der Waals surface area contributed by atoms with Crippen LogP contribution in [-0.2, 0) is 6.54 Å². The maximum absolute atomic E-state index is 5.40. The number of hydrogen-bond donors (Lipinski definition) is 1. The molecule has 1 unspecified atom stereocenters. The van der Waals surface area contributed by atoms with Gasteiger partial charge < -0.3 is 15.0 Å². The molecule has 0 radical (unpaired) electrons. The molecule has 1 heterocycles. The molecule has 108 valence electrons. The van der Waals surface area contributed by atoms with Crippen LogP contribution < -0.4 is 10.1 Å². The van der Waals surface area contributed by atoms with Crippen molar-refractivity contribution in [2.24, 2.45) is 5.92 Å². The van der Waals surface area contributed by atoms with E-state index < -0.39 is 0 Å². The summed E-state index contributed by atoms with van der Waals surface area (Å²) < 4.78 is 5.40. The average Bonchev–Trinajstić information content (AvgIpc) is 2.40. The van der Waals surface area contributed by atoms with Crippen molar-refractivity contribution in [3.05, 3.63) is 29.8 Å². The van der Waals surface area contributed by atoms with Crippen molar-refractivity contribution in [1.82, 2.24) is 10.2 Å². The predicted octanol–water partition coefficient (Wildman–Crippen LogP) is 2.55. The van der Waals surface area contributed by atoms with Gasteiger partial charge in [0.25, 0.3) is 0 Å². The second-order valence-electron chi connectivity index (χ2n) is 5.22. The SMILES string of the molecule is COc1ccccc1CN(C)CC1CCCNC1.Cl. The van der Waals surface area contributed by atoms with E-state index in [1.54, 1.807) is 7.11 Å². The molecule has 2 rings (SSSR count). The molecule has 3 nitrogen and oxygen atoms in total. The summed E-state index contributed by atoms with van der Waals surface area (Å²) in [5.41, 5.74) is 1.27. The van der Waals surface area contributed by atoms with Gasteiger partial charge in [-0.15, -0.1) is 12.4 Å². The van der Waals surface area contributed by atoms with Crippen molar-refractivity contribution in [3.8, 4) is 5.75 Å². The summed E-state index contributed by atoms with van der Waals surface area (Å²) in [5.74, 6) is 1.78. The molecule has 1 fully saturated rings. The Labute approximate surface area is 122 Å². The lowest BCUT2D eigenvalue weighted by atomic mass is 9.99. The van der Waals surface area contributed by atoms with Crippen molar-refractivity contribution < 1.29 is 4.74 Å². The molecule has 0 saturated carbocycles. The fourth-order valence-corrected chi connectivity index (χ4v) is 2.71. The van der Waals surface area contributed by atoms with E-state index in [4.69, 9.17) is 4.74 Å². The van der Waals surface area contributed by atoms with Gasteiger partial charge in [0.2, 0.25) is 0 Å². The van der Waals surface area contributed by atoms with Crippen LogP contribution in [0.3, 0.4) is 0 Å². The lowest BCUT2D eigenvalue weighted by Gasteiger charge is -2.27. The number of nitrogens with zero attached hydrogens (tertiary/aromatic N) is 1. The average molecular weight is 285 g/mol. The van der Waals surface area contributed by atoms with Gasteiger partial charge >= 0.3 is 0 Å². The number of piperidine rings is 1. The van der Waals surface area contributed by atoms with Crippen molar-refractivity contribution in [2.45, 2.75) is 19.4 Å². The van der Waals surface area contributed by atoms with Crippen LogP contribution in [0.2, 0.25) is 0 Å². The molecule has 1 atom stereocenters. The van der Waals surface area contributed by atoms with E-state index in [1.165, 1.54) is 24.9 Å². The molecule has 0 aromatic heterocycles. The van der Waals surface area contributed by atoms with Crippen LogP contribution in [0.4, 0.5) is 0 Å². The number of hydrogen-bond acceptors (Lipinski definition) is 3. The highest BCUT2D eigenvalue weighted by atomic mass is 35.5. The third kappa shape index (κ3) is 5.01. The minimum absolute atomic E-state index is 0.